The second-order valence-corrected chi connectivity index (χ2v) is 7.30. The van der Waals surface area contributed by atoms with Crippen LogP contribution in [0, 0.1) is 0 Å². The van der Waals surface area contributed by atoms with E-state index in [4.69, 9.17) is 58.1 Å². The summed E-state index contributed by atoms with van der Waals surface area (Å²) in [6.45, 7) is 0. The molecule has 2 aromatic carbocycles. The molecule has 0 bridgehead atoms. The van der Waals surface area contributed by atoms with Gasteiger partial charge in [0.1, 0.15) is 0 Å². The molecule has 0 unspecified atom stereocenters. The van der Waals surface area contributed by atoms with Crippen molar-refractivity contribution in [1.82, 2.24) is 0 Å². The van der Waals surface area contributed by atoms with E-state index in [0.717, 1.165) is 22.5 Å². The highest BCUT2D eigenvalue weighted by Crippen LogP contribution is 2.29. The van der Waals surface area contributed by atoms with E-state index in [9.17, 15) is 0 Å². The molecule has 0 amide bonds. The number of benzene rings is 2. The summed E-state index contributed by atoms with van der Waals surface area (Å²) < 4.78 is -1.61. The number of alkyl halides is 4. The monoisotopic (exact) mass is 366 g/mol. The van der Waals surface area contributed by atoms with Gasteiger partial charge in [-0.05, 0) is 35.4 Å². The van der Waals surface area contributed by atoms with E-state index in [2.05, 4.69) is 10.9 Å². The van der Waals surface area contributed by atoms with Crippen LogP contribution < -0.4 is 22.5 Å². The summed E-state index contributed by atoms with van der Waals surface area (Å²) >= 11 is 19.3. The fraction of sp³-hybridized carbons (Fsp3) is 0.0769. The lowest BCUT2D eigenvalue weighted by Gasteiger charge is -2.05. The van der Waals surface area contributed by atoms with Crippen LogP contribution in [-0.2, 0) is 0 Å². The molecule has 114 valence electrons. The van der Waals surface area contributed by atoms with Crippen molar-refractivity contribution >= 4 is 57.8 Å². The van der Waals surface area contributed by atoms with Crippen molar-refractivity contribution in [2.75, 3.05) is 10.9 Å². The molecular formula is C13H14Cl4N4. The molecule has 6 N–H and O–H groups in total. The lowest BCUT2D eigenvalue weighted by molar-refractivity contribution is 1.35. The van der Waals surface area contributed by atoms with Crippen LogP contribution in [0.2, 0.25) is 0 Å². The number of hydrazine groups is 2. The zero-order chi connectivity index (χ0) is 15.9. The summed E-state index contributed by atoms with van der Waals surface area (Å²) in [5, 5.41) is 0. The van der Waals surface area contributed by atoms with Gasteiger partial charge in [-0.1, -0.05) is 70.7 Å². The first-order chi connectivity index (χ1) is 9.83. The van der Waals surface area contributed by atoms with Crippen molar-refractivity contribution in [3.8, 4) is 11.1 Å². The minimum Gasteiger partial charge on any atom is -0.324 e. The minimum absolute atomic E-state index is 0.893. The van der Waals surface area contributed by atoms with Crippen molar-refractivity contribution in [1.29, 1.82) is 0 Å². The summed E-state index contributed by atoms with van der Waals surface area (Å²) in [6, 6.07) is 15.8. The van der Waals surface area contributed by atoms with Gasteiger partial charge in [-0.25, -0.2) is 0 Å². The largest absolute Gasteiger partial charge is 0.324 e. The topological polar surface area (TPSA) is 76.1 Å². The van der Waals surface area contributed by atoms with Gasteiger partial charge >= 0.3 is 0 Å². The molecule has 0 heterocycles. The number of halogens is 4. The van der Waals surface area contributed by atoms with E-state index in [0.29, 0.717) is 0 Å². The fourth-order valence-corrected chi connectivity index (χ4v) is 1.52. The van der Waals surface area contributed by atoms with E-state index in [1.54, 1.807) is 0 Å². The zero-order valence-corrected chi connectivity index (χ0v) is 13.8. The molecule has 0 atom stereocenters. The summed E-state index contributed by atoms with van der Waals surface area (Å²) in [4.78, 5) is 0. The van der Waals surface area contributed by atoms with Gasteiger partial charge in [0.25, 0.3) is 3.25 Å². The predicted octanol–water partition coefficient (Wildman–Crippen LogP) is 4.48. The summed E-state index contributed by atoms with van der Waals surface area (Å²) in [6.07, 6.45) is 0. The second kappa shape index (κ2) is 8.54. The Morgan fingerprint density at radius 2 is 0.857 bits per heavy atom. The SMILES string of the molecule is ClC(Cl)(Cl)Cl.NNc1ccc(-c2ccc(NN)cc2)cc1. The van der Waals surface area contributed by atoms with Gasteiger partial charge in [-0.15, -0.1) is 0 Å². The first-order valence-electron chi connectivity index (χ1n) is 5.73. The third-order valence-electron chi connectivity index (χ3n) is 2.44. The zero-order valence-electron chi connectivity index (χ0n) is 10.8. The number of hydrogen-bond acceptors (Lipinski definition) is 4. The molecule has 4 nitrogen and oxygen atoms in total. The molecule has 0 aliphatic carbocycles. The van der Waals surface area contributed by atoms with Crippen LogP contribution in [0.4, 0.5) is 11.4 Å². The summed E-state index contributed by atoms with van der Waals surface area (Å²) in [5.74, 6) is 10.6. The van der Waals surface area contributed by atoms with Gasteiger partial charge in [0.05, 0.1) is 0 Å². The smallest absolute Gasteiger partial charge is 0.266 e. The summed E-state index contributed by atoms with van der Waals surface area (Å²) in [5.41, 5.74) is 9.26. The Bertz CT molecular complexity index is 486. The van der Waals surface area contributed by atoms with E-state index in [-0.39, 0.29) is 0 Å². The van der Waals surface area contributed by atoms with Crippen LogP contribution in [0.25, 0.3) is 11.1 Å². The molecule has 0 spiro atoms. The van der Waals surface area contributed by atoms with Crippen molar-refractivity contribution in [3.63, 3.8) is 0 Å². The van der Waals surface area contributed by atoms with E-state index in [1.165, 1.54) is 0 Å². The lowest BCUT2D eigenvalue weighted by Crippen LogP contribution is -2.06. The molecule has 0 saturated heterocycles. The first kappa shape index (κ1) is 18.2. The second-order valence-electron chi connectivity index (χ2n) is 3.87. The molecule has 0 aromatic heterocycles. The Labute approximate surface area is 143 Å². The molecule has 0 aliphatic heterocycles. The Balaban J connectivity index is 0.000000383. The third-order valence-corrected chi connectivity index (χ3v) is 2.44. The molecule has 2 aromatic rings. The predicted molar refractivity (Wildman–Crippen MR) is 93.6 cm³/mol. The van der Waals surface area contributed by atoms with Crippen LogP contribution >= 0.6 is 46.4 Å². The highest BCUT2D eigenvalue weighted by molar-refractivity contribution is 6.83. The van der Waals surface area contributed by atoms with Crippen molar-refractivity contribution in [2.45, 2.75) is 3.25 Å². The average molecular weight is 368 g/mol. The molecular weight excluding hydrogens is 354 g/mol. The Morgan fingerprint density at radius 3 is 1.05 bits per heavy atom. The Morgan fingerprint density at radius 1 is 0.619 bits per heavy atom. The molecule has 0 aliphatic rings. The van der Waals surface area contributed by atoms with Gasteiger partial charge in [-0.2, -0.15) is 0 Å². The lowest BCUT2D eigenvalue weighted by atomic mass is 10.1. The van der Waals surface area contributed by atoms with Crippen LogP contribution in [0.5, 0.6) is 0 Å². The fourth-order valence-electron chi connectivity index (χ4n) is 1.52. The average Bonchev–Trinajstić information content (AvgIpc) is 2.46. The standard InChI is InChI=1S/C12H14N4.CCl4/c13-15-11-5-1-9(2-6-11)10-3-7-12(16-14)8-4-10;2-1(3,4)5/h1-8,15-16H,13-14H2;. The Hall–Kier alpha value is -0.880. The normalized spacial score (nSPS) is 10.4. The molecule has 2 rings (SSSR count). The third kappa shape index (κ3) is 7.62. The van der Waals surface area contributed by atoms with Crippen LogP contribution in [0.1, 0.15) is 0 Å². The maximum atomic E-state index is 5.30. The number of nitrogens with two attached hydrogens (primary N) is 2. The molecule has 21 heavy (non-hydrogen) atoms. The number of nitrogens with one attached hydrogen (secondary N) is 2. The van der Waals surface area contributed by atoms with Crippen molar-refractivity contribution < 1.29 is 0 Å². The highest BCUT2D eigenvalue weighted by atomic mass is 35.6. The maximum absolute atomic E-state index is 5.30. The van der Waals surface area contributed by atoms with E-state index < -0.39 is 3.25 Å². The molecule has 0 fully saturated rings. The van der Waals surface area contributed by atoms with Crippen molar-refractivity contribution in [2.24, 2.45) is 11.7 Å². The van der Waals surface area contributed by atoms with Crippen molar-refractivity contribution in [3.05, 3.63) is 48.5 Å². The summed E-state index contributed by atoms with van der Waals surface area (Å²) in [7, 11) is 0. The molecule has 0 saturated carbocycles. The van der Waals surface area contributed by atoms with Crippen LogP contribution in [-0.4, -0.2) is 3.25 Å². The molecule has 8 heteroatoms. The van der Waals surface area contributed by atoms with Gasteiger partial charge in [0.2, 0.25) is 0 Å². The van der Waals surface area contributed by atoms with Gasteiger partial charge in [0.15, 0.2) is 0 Å². The Kier molecular flexibility index (Phi) is 7.39. The number of nitrogen functional groups attached to an aromatic ring is 2. The quantitative estimate of drug-likeness (QED) is 0.366. The van der Waals surface area contributed by atoms with Crippen LogP contribution in [0.3, 0.4) is 0 Å². The van der Waals surface area contributed by atoms with E-state index >= 15 is 0 Å². The highest BCUT2D eigenvalue weighted by Gasteiger charge is 2.11. The first-order valence-corrected chi connectivity index (χ1v) is 7.24. The van der Waals surface area contributed by atoms with Gasteiger partial charge in [-0.3, -0.25) is 11.7 Å². The number of anilines is 2. The van der Waals surface area contributed by atoms with Crippen LogP contribution in [0.15, 0.2) is 48.5 Å². The molecule has 0 radical (unpaired) electrons. The maximum Gasteiger partial charge on any atom is 0.266 e. The number of hydrogen-bond donors (Lipinski definition) is 4. The van der Waals surface area contributed by atoms with Gasteiger partial charge in [0, 0.05) is 11.4 Å². The number of rotatable bonds is 3. The minimum atomic E-state index is -1.61. The van der Waals surface area contributed by atoms with Gasteiger partial charge < -0.3 is 10.9 Å². The van der Waals surface area contributed by atoms with E-state index in [1.807, 2.05) is 48.5 Å².